The van der Waals surface area contributed by atoms with Gasteiger partial charge in [-0.25, -0.2) is 9.97 Å². The molecule has 0 aliphatic heterocycles. The first kappa shape index (κ1) is 10.2. The Kier molecular flexibility index (Phi) is 2.45. The summed E-state index contributed by atoms with van der Waals surface area (Å²) in [5.41, 5.74) is 1.98. The molecule has 2 heterocycles. The summed E-state index contributed by atoms with van der Waals surface area (Å²) in [6.45, 7) is 1.98. The molecule has 82 valence electrons. The van der Waals surface area contributed by atoms with Gasteiger partial charge >= 0.3 is 0 Å². The lowest BCUT2D eigenvalue weighted by Crippen LogP contribution is -1.98. The van der Waals surface area contributed by atoms with Gasteiger partial charge in [-0.05, 0) is 31.2 Å². The summed E-state index contributed by atoms with van der Waals surface area (Å²) in [6, 6.07) is 4.11. The molecule has 1 aliphatic rings. The Labute approximate surface area is 103 Å². The Bertz CT molecular complexity index is 518. The highest BCUT2D eigenvalue weighted by Gasteiger charge is 2.28. The van der Waals surface area contributed by atoms with E-state index >= 15 is 0 Å². The van der Waals surface area contributed by atoms with E-state index in [0.29, 0.717) is 11.1 Å². The third kappa shape index (κ3) is 1.74. The first-order valence-electron chi connectivity index (χ1n) is 5.33. The van der Waals surface area contributed by atoms with Crippen molar-refractivity contribution in [3.63, 3.8) is 0 Å². The summed E-state index contributed by atoms with van der Waals surface area (Å²) >= 11 is 7.85. The van der Waals surface area contributed by atoms with E-state index in [4.69, 9.17) is 11.6 Å². The molecule has 0 radical (unpaired) electrons. The molecule has 0 amide bonds. The van der Waals surface area contributed by atoms with Crippen LogP contribution >= 0.6 is 22.9 Å². The van der Waals surface area contributed by atoms with E-state index < -0.39 is 0 Å². The molecule has 1 aliphatic carbocycles. The maximum Gasteiger partial charge on any atom is 0.136 e. The van der Waals surface area contributed by atoms with E-state index in [1.54, 1.807) is 11.3 Å². The van der Waals surface area contributed by atoms with Gasteiger partial charge in [-0.3, -0.25) is 0 Å². The number of hydrogen-bond donors (Lipinski definition) is 0. The minimum Gasteiger partial charge on any atom is -0.231 e. The number of aromatic nitrogens is 2. The first-order chi connectivity index (χ1) is 7.75. The molecule has 16 heavy (non-hydrogen) atoms. The molecule has 2 aromatic heterocycles. The zero-order chi connectivity index (χ0) is 11.1. The molecule has 4 heteroatoms. The number of nitrogens with zero attached hydrogens (tertiary/aromatic N) is 2. The molecule has 0 atom stereocenters. The number of halogens is 1. The van der Waals surface area contributed by atoms with E-state index in [1.165, 1.54) is 17.7 Å². The Morgan fingerprint density at radius 3 is 2.81 bits per heavy atom. The average molecular weight is 251 g/mol. The summed E-state index contributed by atoms with van der Waals surface area (Å²) in [5.74, 6) is 1.45. The fraction of sp³-hybridized carbons (Fsp3) is 0.333. The second kappa shape index (κ2) is 3.82. The van der Waals surface area contributed by atoms with Crippen LogP contribution < -0.4 is 0 Å². The zero-order valence-electron chi connectivity index (χ0n) is 8.90. The van der Waals surface area contributed by atoms with Gasteiger partial charge in [0.15, 0.2) is 0 Å². The van der Waals surface area contributed by atoms with Gasteiger partial charge < -0.3 is 0 Å². The van der Waals surface area contributed by atoms with Crippen molar-refractivity contribution in [1.82, 2.24) is 9.97 Å². The lowest BCUT2D eigenvalue weighted by molar-refractivity contribution is 0.923. The van der Waals surface area contributed by atoms with Crippen molar-refractivity contribution in [3.05, 3.63) is 34.1 Å². The van der Waals surface area contributed by atoms with Crippen molar-refractivity contribution >= 4 is 22.9 Å². The molecule has 1 saturated carbocycles. The summed E-state index contributed by atoms with van der Waals surface area (Å²) < 4.78 is 0. The largest absolute Gasteiger partial charge is 0.231 e. The Morgan fingerprint density at radius 1 is 1.38 bits per heavy atom. The number of hydrogen-bond acceptors (Lipinski definition) is 3. The summed E-state index contributed by atoms with van der Waals surface area (Å²) in [6.07, 6.45) is 2.40. The van der Waals surface area contributed by atoms with Gasteiger partial charge in [0.1, 0.15) is 11.0 Å². The molecule has 2 aromatic rings. The molecule has 0 bridgehead atoms. The molecule has 0 spiro atoms. The molecule has 0 unspecified atom stereocenters. The fourth-order valence-corrected chi connectivity index (χ4v) is 2.63. The minimum atomic E-state index is 0.539. The molecule has 3 rings (SSSR count). The van der Waals surface area contributed by atoms with Crippen LogP contribution in [0.5, 0.6) is 0 Å². The Morgan fingerprint density at radius 2 is 2.19 bits per heavy atom. The zero-order valence-corrected chi connectivity index (χ0v) is 10.5. The molecule has 2 nitrogen and oxygen atoms in total. The Balaban J connectivity index is 2.15. The summed E-state index contributed by atoms with van der Waals surface area (Å²) in [7, 11) is 0. The van der Waals surface area contributed by atoms with E-state index in [2.05, 4.69) is 21.4 Å². The topological polar surface area (TPSA) is 25.8 Å². The molecule has 0 saturated heterocycles. The second-order valence-corrected chi connectivity index (χ2v) is 5.40. The van der Waals surface area contributed by atoms with Crippen molar-refractivity contribution in [3.8, 4) is 10.6 Å². The van der Waals surface area contributed by atoms with E-state index in [9.17, 15) is 0 Å². The lowest BCUT2D eigenvalue weighted by Gasteiger charge is -2.06. The van der Waals surface area contributed by atoms with Gasteiger partial charge in [-0.2, -0.15) is 0 Å². The molecule has 0 aromatic carbocycles. The van der Waals surface area contributed by atoms with Gasteiger partial charge in [-0.1, -0.05) is 17.7 Å². The lowest BCUT2D eigenvalue weighted by atomic mass is 10.2. The van der Waals surface area contributed by atoms with Crippen LogP contribution in [0, 0.1) is 6.92 Å². The third-order valence-electron chi connectivity index (χ3n) is 2.80. The quantitative estimate of drug-likeness (QED) is 0.752. The maximum absolute atomic E-state index is 6.16. The second-order valence-electron chi connectivity index (χ2n) is 4.10. The van der Waals surface area contributed by atoms with Crippen LogP contribution in [0.3, 0.4) is 0 Å². The van der Waals surface area contributed by atoms with Crippen LogP contribution in [0.25, 0.3) is 10.6 Å². The van der Waals surface area contributed by atoms with Crippen molar-refractivity contribution in [2.24, 2.45) is 0 Å². The van der Waals surface area contributed by atoms with Crippen LogP contribution in [0.1, 0.15) is 30.1 Å². The van der Waals surface area contributed by atoms with Crippen LogP contribution in [-0.2, 0) is 0 Å². The number of rotatable bonds is 2. The molecule has 1 fully saturated rings. The third-order valence-corrected chi connectivity index (χ3v) is 4.05. The van der Waals surface area contributed by atoms with E-state index in [0.717, 1.165) is 17.1 Å². The molecule has 0 N–H and O–H groups in total. The normalized spacial score (nSPS) is 15.4. The van der Waals surface area contributed by atoms with E-state index in [-0.39, 0.29) is 0 Å². The minimum absolute atomic E-state index is 0.539. The van der Waals surface area contributed by atoms with Crippen LogP contribution in [-0.4, -0.2) is 9.97 Å². The SMILES string of the molecule is Cc1c(Cl)nc(C2CC2)nc1-c1cccs1. The fourth-order valence-electron chi connectivity index (χ4n) is 1.68. The summed E-state index contributed by atoms with van der Waals surface area (Å²) in [4.78, 5) is 10.2. The van der Waals surface area contributed by atoms with Crippen LogP contribution in [0.2, 0.25) is 5.15 Å². The number of thiophene rings is 1. The molecular formula is C12H11ClN2S. The monoisotopic (exact) mass is 250 g/mol. The summed E-state index contributed by atoms with van der Waals surface area (Å²) in [5, 5.41) is 2.65. The highest BCUT2D eigenvalue weighted by Crippen LogP contribution is 2.40. The highest BCUT2D eigenvalue weighted by molar-refractivity contribution is 7.13. The standard InChI is InChI=1S/C12H11ClN2S/c1-7-10(9-3-2-6-16-9)14-12(8-4-5-8)15-11(7)13/h2-3,6,8H,4-5H2,1H3. The highest BCUT2D eigenvalue weighted by atomic mass is 35.5. The van der Waals surface area contributed by atoms with Gasteiger partial charge in [-0.15, -0.1) is 11.3 Å². The van der Waals surface area contributed by atoms with Crippen LogP contribution in [0.15, 0.2) is 17.5 Å². The van der Waals surface area contributed by atoms with Crippen molar-refractivity contribution in [2.45, 2.75) is 25.7 Å². The Hall–Kier alpha value is -0.930. The van der Waals surface area contributed by atoms with Crippen LogP contribution in [0.4, 0.5) is 0 Å². The van der Waals surface area contributed by atoms with Gasteiger partial charge in [0.25, 0.3) is 0 Å². The van der Waals surface area contributed by atoms with Gasteiger partial charge in [0.05, 0.1) is 10.6 Å². The van der Waals surface area contributed by atoms with Crippen molar-refractivity contribution < 1.29 is 0 Å². The van der Waals surface area contributed by atoms with Gasteiger partial charge in [0.2, 0.25) is 0 Å². The first-order valence-corrected chi connectivity index (χ1v) is 6.59. The maximum atomic E-state index is 6.16. The van der Waals surface area contributed by atoms with E-state index in [1.807, 2.05) is 13.0 Å². The van der Waals surface area contributed by atoms with Gasteiger partial charge in [0, 0.05) is 11.5 Å². The molecular weight excluding hydrogens is 240 g/mol. The average Bonchev–Trinajstić information content (AvgIpc) is 2.98. The predicted molar refractivity (Wildman–Crippen MR) is 67.1 cm³/mol. The van der Waals surface area contributed by atoms with Crippen molar-refractivity contribution in [1.29, 1.82) is 0 Å². The predicted octanol–water partition coefficient (Wildman–Crippen LogP) is 4.04. The van der Waals surface area contributed by atoms with Crippen molar-refractivity contribution in [2.75, 3.05) is 0 Å². The smallest absolute Gasteiger partial charge is 0.136 e.